The first kappa shape index (κ1) is 19.9. The maximum absolute atomic E-state index is 12.2. The Morgan fingerprint density at radius 1 is 1.32 bits per heavy atom. The van der Waals surface area contributed by atoms with Crippen molar-refractivity contribution in [1.29, 1.82) is 0 Å². The predicted octanol–water partition coefficient (Wildman–Crippen LogP) is 2.25. The van der Waals surface area contributed by atoms with Gasteiger partial charge in [0, 0.05) is 6.42 Å². The summed E-state index contributed by atoms with van der Waals surface area (Å²) >= 11 is 0. The highest BCUT2D eigenvalue weighted by Crippen LogP contribution is 2.18. The molecule has 2 N–H and O–H groups in total. The number of nitrogens with one attached hydrogen (secondary N) is 1. The molecule has 0 aromatic rings. The lowest BCUT2D eigenvalue weighted by Crippen LogP contribution is -2.61. The number of alkyl carbamates (subject to hydrolysis) is 1. The minimum absolute atomic E-state index is 0.323. The van der Waals surface area contributed by atoms with Gasteiger partial charge in [0.2, 0.25) is 5.54 Å². The van der Waals surface area contributed by atoms with Crippen LogP contribution in [0.25, 0.3) is 0 Å². The monoisotopic (exact) mass is 315 g/mol. The lowest BCUT2D eigenvalue weighted by molar-refractivity contribution is -0.166. The van der Waals surface area contributed by atoms with Gasteiger partial charge >= 0.3 is 18.0 Å². The summed E-state index contributed by atoms with van der Waals surface area (Å²) in [5.41, 5.74) is -3.09. The number of ether oxygens (including phenoxy) is 2. The van der Waals surface area contributed by atoms with Gasteiger partial charge in [0.15, 0.2) is 0 Å². The van der Waals surface area contributed by atoms with E-state index in [-0.39, 0.29) is 6.42 Å². The average Bonchev–Trinajstić information content (AvgIpc) is 2.35. The number of carbonyl (C=O) groups is 3. The summed E-state index contributed by atoms with van der Waals surface area (Å²) in [5.74, 6) is -2.59. The van der Waals surface area contributed by atoms with Crippen molar-refractivity contribution >= 4 is 18.0 Å². The van der Waals surface area contributed by atoms with Crippen LogP contribution in [-0.4, -0.2) is 40.4 Å². The van der Waals surface area contributed by atoms with E-state index in [1.54, 1.807) is 34.6 Å². The van der Waals surface area contributed by atoms with E-state index in [4.69, 9.17) is 9.47 Å². The van der Waals surface area contributed by atoms with Gasteiger partial charge in [-0.25, -0.2) is 14.4 Å². The second-order valence-corrected chi connectivity index (χ2v) is 5.95. The fourth-order valence-electron chi connectivity index (χ4n) is 1.47. The van der Waals surface area contributed by atoms with Crippen molar-refractivity contribution in [3.8, 4) is 0 Å². The quantitative estimate of drug-likeness (QED) is 0.424. The van der Waals surface area contributed by atoms with Crippen molar-refractivity contribution in [2.75, 3.05) is 0 Å². The van der Waals surface area contributed by atoms with Crippen molar-refractivity contribution in [3.63, 3.8) is 0 Å². The molecule has 7 nitrogen and oxygen atoms in total. The summed E-state index contributed by atoms with van der Waals surface area (Å²) in [6.45, 7) is 11.7. The molecular weight excluding hydrogens is 290 g/mol. The number of carboxylic acid groups (broad SMARTS) is 1. The van der Waals surface area contributed by atoms with E-state index < -0.39 is 35.3 Å². The molecule has 2 atom stereocenters. The molecule has 0 radical (unpaired) electrons. The molecule has 1 amide bonds. The van der Waals surface area contributed by atoms with Crippen LogP contribution in [-0.2, 0) is 19.1 Å². The van der Waals surface area contributed by atoms with Gasteiger partial charge in [-0.3, -0.25) is 5.32 Å². The fourth-order valence-corrected chi connectivity index (χ4v) is 1.47. The van der Waals surface area contributed by atoms with Gasteiger partial charge in [-0.1, -0.05) is 13.0 Å². The highest BCUT2D eigenvalue weighted by molar-refractivity contribution is 6.06. The third kappa shape index (κ3) is 5.75. The first-order chi connectivity index (χ1) is 9.98. The second kappa shape index (κ2) is 7.82. The summed E-state index contributed by atoms with van der Waals surface area (Å²) in [5, 5.41) is 11.5. The lowest BCUT2D eigenvalue weighted by Gasteiger charge is -2.30. The van der Waals surface area contributed by atoms with Crippen LogP contribution in [0.4, 0.5) is 4.79 Å². The number of hydrogen-bond acceptors (Lipinski definition) is 5. The van der Waals surface area contributed by atoms with E-state index in [1.807, 2.05) is 0 Å². The van der Waals surface area contributed by atoms with E-state index >= 15 is 0 Å². The van der Waals surface area contributed by atoms with Crippen molar-refractivity contribution in [2.45, 2.75) is 64.7 Å². The van der Waals surface area contributed by atoms with Gasteiger partial charge in [0.1, 0.15) is 5.60 Å². The normalized spacial score (nSPS) is 15.1. The van der Waals surface area contributed by atoms with E-state index in [0.29, 0.717) is 6.42 Å². The Hall–Kier alpha value is -2.05. The molecule has 126 valence electrons. The van der Waals surface area contributed by atoms with E-state index in [9.17, 15) is 19.5 Å². The van der Waals surface area contributed by atoms with Crippen LogP contribution >= 0.6 is 0 Å². The van der Waals surface area contributed by atoms with E-state index in [1.165, 1.54) is 6.08 Å². The number of carboxylic acids is 1. The Balaban J connectivity index is 5.41. The van der Waals surface area contributed by atoms with Crippen molar-refractivity contribution in [2.24, 2.45) is 0 Å². The zero-order valence-corrected chi connectivity index (χ0v) is 13.8. The number of esters is 1. The molecule has 2 unspecified atom stereocenters. The molecule has 0 bridgehead atoms. The Kier molecular flexibility index (Phi) is 7.09. The number of hydrogen-bond donors (Lipinski definition) is 2. The van der Waals surface area contributed by atoms with Crippen LogP contribution in [0.3, 0.4) is 0 Å². The molecule has 0 aromatic heterocycles. The van der Waals surface area contributed by atoms with Crippen LogP contribution in [0.2, 0.25) is 0 Å². The summed E-state index contributed by atoms with van der Waals surface area (Å²) in [4.78, 5) is 35.7. The molecule has 7 heteroatoms. The highest BCUT2D eigenvalue weighted by atomic mass is 16.6. The first-order valence-corrected chi connectivity index (χ1v) is 7.05. The average molecular weight is 315 g/mol. The van der Waals surface area contributed by atoms with Gasteiger partial charge < -0.3 is 14.6 Å². The number of carbonyl (C=O) groups excluding carboxylic acids is 2. The molecule has 0 fully saturated rings. The van der Waals surface area contributed by atoms with Crippen molar-refractivity contribution in [3.05, 3.63) is 12.7 Å². The smallest absolute Gasteiger partial charge is 0.409 e. The number of amides is 1. The SMILES string of the molecule is C=CCC(NC(=O)OC(C)(C)C)(C(=O)O)C(=O)OC(C)CC. The summed E-state index contributed by atoms with van der Waals surface area (Å²) in [6.07, 6.45) is -0.0725. The van der Waals surface area contributed by atoms with Gasteiger partial charge in [-0.15, -0.1) is 6.58 Å². The first-order valence-electron chi connectivity index (χ1n) is 7.05. The standard InChI is InChI=1S/C15H25NO6/c1-7-9-15(11(17)18,12(19)21-10(3)8-2)16-13(20)22-14(4,5)6/h7,10H,1,8-9H2,2-6H3,(H,16,20)(H,17,18). The van der Waals surface area contributed by atoms with Crippen LogP contribution in [0.5, 0.6) is 0 Å². The molecule has 0 aromatic carbocycles. The summed E-state index contributed by atoms with van der Waals surface area (Å²) < 4.78 is 10.1. The van der Waals surface area contributed by atoms with Crippen molar-refractivity contribution < 1.29 is 29.0 Å². The van der Waals surface area contributed by atoms with Crippen molar-refractivity contribution in [1.82, 2.24) is 5.32 Å². The molecule has 0 aliphatic carbocycles. The Morgan fingerprint density at radius 3 is 2.23 bits per heavy atom. The molecule has 0 heterocycles. The fraction of sp³-hybridized carbons (Fsp3) is 0.667. The maximum atomic E-state index is 12.2. The zero-order chi connectivity index (χ0) is 17.6. The molecule has 0 spiro atoms. The summed E-state index contributed by atoms with van der Waals surface area (Å²) in [6, 6.07) is 0. The third-order valence-corrected chi connectivity index (χ3v) is 2.76. The minimum Gasteiger partial charge on any atom is -0.479 e. The molecule has 22 heavy (non-hydrogen) atoms. The second-order valence-electron chi connectivity index (χ2n) is 5.95. The Morgan fingerprint density at radius 2 is 1.86 bits per heavy atom. The Bertz CT molecular complexity index is 440. The third-order valence-electron chi connectivity index (χ3n) is 2.76. The molecule has 0 saturated carbocycles. The minimum atomic E-state index is -2.26. The van der Waals surface area contributed by atoms with Gasteiger partial charge in [0.25, 0.3) is 0 Å². The van der Waals surface area contributed by atoms with Gasteiger partial charge in [-0.2, -0.15) is 0 Å². The van der Waals surface area contributed by atoms with Crippen LogP contribution in [0.1, 0.15) is 47.5 Å². The summed E-state index contributed by atoms with van der Waals surface area (Å²) in [7, 11) is 0. The number of aliphatic carboxylic acids is 1. The van der Waals surface area contributed by atoms with E-state index in [2.05, 4.69) is 11.9 Å². The molecule has 0 saturated heterocycles. The Labute approximate surface area is 130 Å². The van der Waals surface area contributed by atoms with E-state index in [0.717, 1.165) is 0 Å². The lowest BCUT2D eigenvalue weighted by atomic mass is 9.95. The van der Waals surface area contributed by atoms with Gasteiger partial charge in [-0.05, 0) is 34.1 Å². The molecule has 0 aliphatic rings. The molecule has 0 aliphatic heterocycles. The highest BCUT2D eigenvalue weighted by Gasteiger charge is 2.49. The maximum Gasteiger partial charge on any atom is 0.409 e. The zero-order valence-electron chi connectivity index (χ0n) is 13.8. The van der Waals surface area contributed by atoms with Crippen LogP contribution in [0.15, 0.2) is 12.7 Å². The van der Waals surface area contributed by atoms with Crippen LogP contribution < -0.4 is 5.32 Å². The molecular formula is C15H25NO6. The largest absolute Gasteiger partial charge is 0.479 e. The number of rotatable bonds is 7. The van der Waals surface area contributed by atoms with Gasteiger partial charge in [0.05, 0.1) is 6.10 Å². The predicted molar refractivity (Wildman–Crippen MR) is 80.4 cm³/mol. The molecule has 0 rings (SSSR count). The topological polar surface area (TPSA) is 102 Å². The van der Waals surface area contributed by atoms with Crippen LogP contribution in [0, 0.1) is 0 Å².